The van der Waals surface area contributed by atoms with Gasteiger partial charge in [-0.25, -0.2) is 4.79 Å². The van der Waals surface area contributed by atoms with E-state index in [2.05, 4.69) is 0 Å². The smallest absolute Gasteiger partial charge is 0.338 e. The third kappa shape index (κ3) is 6.01. The number of nitrogens with zero attached hydrogens (tertiary/aromatic N) is 1. The van der Waals surface area contributed by atoms with Crippen molar-refractivity contribution in [3.05, 3.63) is 59.7 Å². The molecule has 0 saturated carbocycles. The number of amides is 2. The summed E-state index contributed by atoms with van der Waals surface area (Å²) in [5, 5.41) is 0. The van der Waals surface area contributed by atoms with Crippen molar-refractivity contribution in [1.82, 2.24) is 4.90 Å². The van der Waals surface area contributed by atoms with E-state index < -0.39 is 18.5 Å². The van der Waals surface area contributed by atoms with Crippen LogP contribution in [0, 0.1) is 0 Å². The minimum Gasteiger partial charge on any atom is -0.496 e. The number of benzene rings is 2. The summed E-state index contributed by atoms with van der Waals surface area (Å²) in [6.45, 7) is -0.390. The lowest BCUT2D eigenvalue weighted by Crippen LogP contribution is -2.31. The molecule has 2 N–H and O–H groups in total. The van der Waals surface area contributed by atoms with E-state index in [9.17, 15) is 14.4 Å². The van der Waals surface area contributed by atoms with E-state index in [1.54, 1.807) is 32.4 Å². The van der Waals surface area contributed by atoms with Crippen LogP contribution in [0.25, 0.3) is 0 Å². The SMILES string of the molecule is COc1ccccc1CN(C)C(=O)COC(=O)c1cccc(OCC(N)=O)c1. The summed E-state index contributed by atoms with van der Waals surface area (Å²) in [6.07, 6.45) is 0. The molecular formula is C20H22N2O6. The average molecular weight is 386 g/mol. The first-order chi connectivity index (χ1) is 13.4. The van der Waals surface area contributed by atoms with E-state index in [1.807, 2.05) is 18.2 Å². The van der Waals surface area contributed by atoms with Crippen molar-refractivity contribution in [2.24, 2.45) is 5.73 Å². The van der Waals surface area contributed by atoms with Gasteiger partial charge in [-0.1, -0.05) is 24.3 Å². The van der Waals surface area contributed by atoms with Crippen LogP contribution >= 0.6 is 0 Å². The summed E-state index contributed by atoms with van der Waals surface area (Å²) < 4.78 is 15.5. The molecule has 2 rings (SSSR count). The molecule has 0 fully saturated rings. The number of methoxy groups -OCH3 is 1. The van der Waals surface area contributed by atoms with Crippen molar-refractivity contribution in [1.29, 1.82) is 0 Å². The number of esters is 1. The lowest BCUT2D eigenvalue weighted by molar-refractivity contribution is -0.133. The highest BCUT2D eigenvalue weighted by molar-refractivity contribution is 5.91. The predicted molar refractivity (Wildman–Crippen MR) is 101 cm³/mol. The van der Waals surface area contributed by atoms with Crippen molar-refractivity contribution < 1.29 is 28.6 Å². The molecule has 0 aliphatic heterocycles. The van der Waals surface area contributed by atoms with Crippen molar-refractivity contribution in [3.63, 3.8) is 0 Å². The average Bonchev–Trinajstić information content (AvgIpc) is 2.70. The van der Waals surface area contributed by atoms with E-state index >= 15 is 0 Å². The molecule has 0 heterocycles. The molecule has 148 valence electrons. The molecule has 0 bridgehead atoms. The molecule has 0 aromatic heterocycles. The number of carbonyl (C=O) groups is 3. The zero-order chi connectivity index (χ0) is 20.5. The highest BCUT2D eigenvalue weighted by Crippen LogP contribution is 2.19. The Morgan fingerprint density at radius 2 is 1.79 bits per heavy atom. The number of para-hydroxylation sites is 1. The lowest BCUT2D eigenvalue weighted by atomic mass is 10.2. The molecule has 8 heteroatoms. The van der Waals surface area contributed by atoms with Crippen molar-refractivity contribution >= 4 is 17.8 Å². The number of nitrogens with two attached hydrogens (primary N) is 1. The van der Waals surface area contributed by atoms with Gasteiger partial charge in [0.1, 0.15) is 11.5 Å². The Hall–Kier alpha value is -3.55. The maximum Gasteiger partial charge on any atom is 0.338 e. The Morgan fingerprint density at radius 1 is 1.04 bits per heavy atom. The third-order valence-electron chi connectivity index (χ3n) is 3.80. The highest BCUT2D eigenvalue weighted by atomic mass is 16.5. The van der Waals surface area contributed by atoms with Crippen LogP contribution in [0.15, 0.2) is 48.5 Å². The second kappa shape index (κ2) is 9.96. The van der Waals surface area contributed by atoms with E-state index in [1.165, 1.54) is 17.0 Å². The van der Waals surface area contributed by atoms with Crippen LogP contribution < -0.4 is 15.2 Å². The highest BCUT2D eigenvalue weighted by Gasteiger charge is 2.15. The molecule has 0 radical (unpaired) electrons. The monoisotopic (exact) mass is 386 g/mol. The second-order valence-electron chi connectivity index (χ2n) is 5.92. The number of hydrogen-bond donors (Lipinski definition) is 1. The predicted octanol–water partition coefficient (Wildman–Crippen LogP) is 1.37. The zero-order valence-corrected chi connectivity index (χ0v) is 15.7. The van der Waals surface area contributed by atoms with Gasteiger partial charge in [-0.2, -0.15) is 0 Å². The Bertz CT molecular complexity index is 852. The van der Waals surface area contributed by atoms with Gasteiger partial charge in [0.15, 0.2) is 13.2 Å². The molecule has 28 heavy (non-hydrogen) atoms. The van der Waals surface area contributed by atoms with E-state index in [0.717, 1.165) is 5.56 Å². The minimum atomic E-state index is -0.677. The quantitative estimate of drug-likeness (QED) is 0.652. The third-order valence-corrected chi connectivity index (χ3v) is 3.80. The number of hydrogen-bond acceptors (Lipinski definition) is 6. The number of ether oxygens (including phenoxy) is 3. The fourth-order valence-electron chi connectivity index (χ4n) is 2.37. The van der Waals surface area contributed by atoms with Crippen LogP contribution in [0.5, 0.6) is 11.5 Å². The molecular weight excluding hydrogens is 364 g/mol. The summed E-state index contributed by atoms with van der Waals surface area (Å²) in [5.41, 5.74) is 6.05. The summed E-state index contributed by atoms with van der Waals surface area (Å²) in [5.74, 6) is -0.694. The van der Waals surface area contributed by atoms with E-state index in [4.69, 9.17) is 19.9 Å². The van der Waals surface area contributed by atoms with Gasteiger partial charge in [-0.3, -0.25) is 9.59 Å². The second-order valence-corrected chi connectivity index (χ2v) is 5.92. The first kappa shape index (κ1) is 20.8. The van der Waals surface area contributed by atoms with Crippen molar-refractivity contribution in [3.8, 4) is 11.5 Å². The van der Waals surface area contributed by atoms with Gasteiger partial charge in [-0.15, -0.1) is 0 Å². The van der Waals surface area contributed by atoms with Gasteiger partial charge in [0.2, 0.25) is 0 Å². The van der Waals surface area contributed by atoms with Crippen LogP contribution in [0.3, 0.4) is 0 Å². The van der Waals surface area contributed by atoms with Crippen molar-refractivity contribution in [2.45, 2.75) is 6.54 Å². The van der Waals surface area contributed by atoms with Gasteiger partial charge in [-0.05, 0) is 24.3 Å². The molecule has 8 nitrogen and oxygen atoms in total. The standard InChI is InChI=1S/C20H22N2O6/c1-22(11-15-6-3-4-9-17(15)26-2)19(24)13-28-20(25)14-7-5-8-16(10-14)27-12-18(21)23/h3-10H,11-13H2,1-2H3,(H2,21,23). The zero-order valence-electron chi connectivity index (χ0n) is 15.7. The van der Waals surface area contributed by atoms with Crippen LogP contribution in [-0.4, -0.2) is 50.1 Å². The number of rotatable bonds is 9. The molecule has 2 aromatic carbocycles. The summed E-state index contributed by atoms with van der Waals surface area (Å²) in [7, 11) is 3.17. The maximum absolute atomic E-state index is 12.3. The lowest BCUT2D eigenvalue weighted by Gasteiger charge is -2.18. The maximum atomic E-state index is 12.3. The summed E-state index contributed by atoms with van der Waals surface area (Å²) in [6, 6.07) is 13.4. The largest absolute Gasteiger partial charge is 0.496 e. The van der Waals surface area contributed by atoms with Gasteiger partial charge in [0, 0.05) is 19.2 Å². The van der Waals surface area contributed by atoms with Gasteiger partial charge < -0.3 is 24.8 Å². The van der Waals surface area contributed by atoms with E-state index in [-0.39, 0.29) is 18.1 Å². The molecule has 2 amide bonds. The molecule has 0 saturated heterocycles. The fraction of sp³-hybridized carbons (Fsp3) is 0.250. The summed E-state index contributed by atoms with van der Waals surface area (Å²) >= 11 is 0. The first-order valence-electron chi connectivity index (χ1n) is 8.45. The van der Waals surface area contributed by atoms with Crippen LogP contribution in [0.2, 0.25) is 0 Å². The van der Waals surface area contributed by atoms with Gasteiger partial charge in [0.05, 0.1) is 12.7 Å². The molecule has 0 aliphatic carbocycles. The normalized spacial score (nSPS) is 10.1. The molecule has 0 spiro atoms. The molecule has 2 aromatic rings. The van der Waals surface area contributed by atoms with Crippen LogP contribution in [0.4, 0.5) is 0 Å². The van der Waals surface area contributed by atoms with E-state index in [0.29, 0.717) is 18.0 Å². The van der Waals surface area contributed by atoms with Crippen molar-refractivity contribution in [2.75, 3.05) is 27.4 Å². The minimum absolute atomic E-state index is 0.196. The number of likely N-dealkylation sites (N-methyl/N-ethyl adjacent to an activating group) is 1. The first-order valence-corrected chi connectivity index (χ1v) is 8.45. The van der Waals surface area contributed by atoms with Gasteiger partial charge in [0.25, 0.3) is 11.8 Å². The molecule has 0 atom stereocenters. The molecule has 0 aliphatic rings. The Kier molecular flexibility index (Phi) is 7.38. The number of carbonyl (C=O) groups excluding carboxylic acids is 3. The van der Waals surface area contributed by atoms with Gasteiger partial charge >= 0.3 is 5.97 Å². The Labute approximate surface area is 162 Å². The van der Waals surface area contributed by atoms with Crippen LogP contribution in [-0.2, 0) is 20.9 Å². The summed E-state index contributed by atoms with van der Waals surface area (Å²) in [4.78, 5) is 36.6. The Morgan fingerprint density at radius 3 is 2.50 bits per heavy atom. The number of primary amides is 1. The van der Waals surface area contributed by atoms with Crippen LogP contribution in [0.1, 0.15) is 15.9 Å². The Balaban J connectivity index is 1.90. The fourth-order valence-corrected chi connectivity index (χ4v) is 2.37. The topological polar surface area (TPSA) is 108 Å². The molecule has 0 unspecified atom stereocenters.